The maximum Gasteiger partial charge on any atom is 0.224 e. The quantitative estimate of drug-likeness (QED) is 0.791. The van der Waals surface area contributed by atoms with E-state index in [9.17, 15) is 0 Å². The van der Waals surface area contributed by atoms with Gasteiger partial charge < -0.3 is 11.1 Å². The number of anilines is 2. The second kappa shape index (κ2) is 4.96. The van der Waals surface area contributed by atoms with Crippen molar-refractivity contribution in [2.75, 3.05) is 17.6 Å². The second-order valence-corrected chi connectivity index (χ2v) is 4.17. The molecule has 0 saturated heterocycles. The normalized spacial score (nSPS) is 16.8. The Morgan fingerprint density at radius 1 is 1.40 bits per heavy atom. The minimum atomic E-state index is 0.522. The van der Waals surface area contributed by atoms with Crippen LogP contribution in [0.15, 0.2) is 12.3 Å². The molecule has 3 N–H and O–H groups in total. The molecular formula is C11H18N4. The Hall–Kier alpha value is -1.32. The predicted molar refractivity (Wildman–Crippen MR) is 61.5 cm³/mol. The van der Waals surface area contributed by atoms with Crippen molar-refractivity contribution in [2.24, 2.45) is 5.92 Å². The number of hydrogen-bond donors (Lipinski definition) is 2. The van der Waals surface area contributed by atoms with Crippen molar-refractivity contribution in [3.8, 4) is 0 Å². The average Bonchev–Trinajstić information content (AvgIpc) is 2.71. The van der Waals surface area contributed by atoms with Gasteiger partial charge in [0.1, 0.15) is 5.82 Å². The van der Waals surface area contributed by atoms with Crippen molar-refractivity contribution in [3.63, 3.8) is 0 Å². The first kappa shape index (κ1) is 10.2. The predicted octanol–water partition coefficient (Wildman–Crippen LogP) is 2.05. The van der Waals surface area contributed by atoms with Gasteiger partial charge >= 0.3 is 0 Å². The highest BCUT2D eigenvalue weighted by Crippen LogP contribution is 2.27. The Bertz CT molecular complexity index is 307. The zero-order valence-electron chi connectivity index (χ0n) is 8.95. The third-order valence-corrected chi connectivity index (χ3v) is 2.99. The lowest BCUT2D eigenvalue weighted by Gasteiger charge is -2.09. The zero-order chi connectivity index (χ0) is 10.5. The summed E-state index contributed by atoms with van der Waals surface area (Å²) in [5, 5.41) is 3.21. The van der Waals surface area contributed by atoms with Crippen molar-refractivity contribution < 1.29 is 0 Å². The molecule has 1 fully saturated rings. The Morgan fingerprint density at radius 3 is 2.93 bits per heavy atom. The molecule has 4 nitrogen and oxygen atoms in total. The van der Waals surface area contributed by atoms with Gasteiger partial charge in [0.25, 0.3) is 0 Å². The monoisotopic (exact) mass is 206 g/mol. The number of nitrogens with zero attached hydrogens (tertiary/aromatic N) is 2. The number of aromatic nitrogens is 2. The minimum absolute atomic E-state index is 0.522. The first-order chi connectivity index (χ1) is 7.34. The maximum atomic E-state index is 5.56. The summed E-state index contributed by atoms with van der Waals surface area (Å²) in [6.07, 6.45) is 8.48. The fraction of sp³-hybridized carbons (Fsp3) is 0.636. The summed E-state index contributed by atoms with van der Waals surface area (Å²) >= 11 is 0. The Kier molecular flexibility index (Phi) is 3.37. The smallest absolute Gasteiger partial charge is 0.224 e. The van der Waals surface area contributed by atoms with Crippen LogP contribution in [0.1, 0.15) is 32.1 Å². The molecule has 0 radical (unpaired) electrons. The lowest BCUT2D eigenvalue weighted by atomic mass is 10.0. The lowest BCUT2D eigenvalue weighted by molar-refractivity contribution is 0.518. The molecule has 0 unspecified atom stereocenters. The van der Waals surface area contributed by atoms with Gasteiger partial charge in [0, 0.05) is 12.7 Å². The second-order valence-electron chi connectivity index (χ2n) is 4.17. The van der Waals surface area contributed by atoms with Crippen LogP contribution in [-0.4, -0.2) is 16.5 Å². The van der Waals surface area contributed by atoms with Crippen molar-refractivity contribution in [3.05, 3.63) is 12.3 Å². The van der Waals surface area contributed by atoms with Gasteiger partial charge in [-0.1, -0.05) is 25.7 Å². The highest BCUT2D eigenvalue weighted by Gasteiger charge is 2.14. The van der Waals surface area contributed by atoms with Crippen molar-refractivity contribution in [1.29, 1.82) is 0 Å². The first-order valence-electron chi connectivity index (χ1n) is 5.67. The number of rotatable bonds is 4. The molecule has 1 aliphatic carbocycles. The molecular weight excluding hydrogens is 188 g/mol. The molecule has 0 bridgehead atoms. The topological polar surface area (TPSA) is 63.8 Å². The van der Waals surface area contributed by atoms with Crippen LogP contribution in [0.3, 0.4) is 0 Å². The Labute approximate surface area is 90.3 Å². The van der Waals surface area contributed by atoms with Gasteiger partial charge in [-0.15, -0.1) is 0 Å². The summed E-state index contributed by atoms with van der Waals surface area (Å²) < 4.78 is 0. The molecule has 0 aromatic carbocycles. The van der Waals surface area contributed by atoms with E-state index in [4.69, 9.17) is 5.73 Å². The Balaban J connectivity index is 1.73. The first-order valence-corrected chi connectivity index (χ1v) is 5.67. The summed E-state index contributed by atoms with van der Waals surface area (Å²) in [6, 6.07) is 1.70. The SMILES string of the molecule is Nc1ccnc(NCCC2CCCC2)n1. The highest BCUT2D eigenvalue weighted by molar-refractivity contribution is 5.34. The van der Waals surface area contributed by atoms with E-state index >= 15 is 0 Å². The van der Waals surface area contributed by atoms with Gasteiger partial charge in [0.05, 0.1) is 0 Å². The molecule has 15 heavy (non-hydrogen) atoms. The maximum absolute atomic E-state index is 5.56. The third-order valence-electron chi connectivity index (χ3n) is 2.99. The van der Waals surface area contributed by atoms with E-state index in [1.165, 1.54) is 32.1 Å². The zero-order valence-corrected chi connectivity index (χ0v) is 8.95. The summed E-state index contributed by atoms with van der Waals surface area (Å²) in [6.45, 7) is 0.953. The highest BCUT2D eigenvalue weighted by atomic mass is 15.1. The van der Waals surface area contributed by atoms with Crippen LogP contribution in [0.5, 0.6) is 0 Å². The van der Waals surface area contributed by atoms with E-state index in [-0.39, 0.29) is 0 Å². The van der Waals surface area contributed by atoms with Gasteiger partial charge in [-0.2, -0.15) is 4.98 Å². The van der Waals surface area contributed by atoms with E-state index in [1.54, 1.807) is 12.3 Å². The average molecular weight is 206 g/mol. The molecule has 0 amide bonds. The largest absolute Gasteiger partial charge is 0.384 e. The molecule has 4 heteroatoms. The Morgan fingerprint density at radius 2 is 2.20 bits per heavy atom. The minimum Gasteiger partial charge on any atom is -0.384 e. The van der Waals surface area contributed by atoms with Crippen LogP contribution in [0.25, 0.3) is 0 Å². The summed E-state index contributed by atoms with van der Waals surface area (Å²) in [4.78, 5) is 8.19. The summed E-state index contributed by atoms with van der Waals surface area (Å²) in [5.74, 6) is 2.07. The molecule has 0 spiro atoms. The molecule has 1 heterocycles. The van der Waals surface area contributed by atoms with Crippen LogP contribution in [0.2, 0.25) is 0 Å². The van der Waals surface area contributed by atoms with Crippen molar-refractivity contribution in [2.45, 2.75) is 32.1 Å². The summed E-state index contributed by atoms with van der Waals surface area (Å²) in [5.41, 5.74) is 5.56. The lowest BCUT2D eigenvalue weighted by Crippen LogP contribution is -2.09. The van der Waals surface area contributed by atoms with Gasteiger partial charge in [-0.3, -0.25) is 0 Å². The van der Waals surface area contributed by atoms with E-state index in [2.05, 4.69) is 15.3 Å². The van der Waals surface area contributed by atoms with Crippen LogP contribution in [-0.2, 0) is 0 Å². The van der Waals surface area contributed by atoms with E-state index in [1.807, 2.05) is 0 Å². The van der Waals surface area contributed by atoms with Gasteiger partial charge in [-0.05, 0) is 18.4 Å². The van der Waals surface area contributed by atoms with Gasteiger partial charge in [0.15, 0.2) is 0 Å². The molecule has 1 saturated carbocycles. The van der Waals surface area contributed by atoms with E-state index < -0.39 is 0 Å². The molecule has 1 aliphatic rings. The fourth-order valence-electron chi connectivity index (χ4n) is 2.14. The van der Waals surface area contributed by atoms with Crippen molar-refractivity contribution >= 4 is 11.8 Å². The molecule has 2 rings (SSSR count). The van der Waals surface area contributed by atoms with Crippen LogP contribution < -0.4 is 11.1 Å². The van der Waals surface area contributed by atoms with E-state index in [0.29, 0.717) is 11.8 Å². The molecule has 0 aliphatic heterocycles. The van der Waals surface area contributed by atoms with Gasteiger partial charge in [0.2, 0.25) is 5.95 Å². The number of nitrogen functional groups attached to an aromatic ring is 1. The van der Waals surface area contributed by atoms with Gasteiger partial charge in [-0.25, -0.2) is 4.98 Å². The summed E-state index contributed by atoms with van der Waals surface area (Å²) in [7, 11) is 0. The molecule has 1 aromatic rings. The standard InChI is InChI=1S/C11H18N4/c12-10-6-8-14-11(15-10)13-7-5-9-3-1-2-4-9/h6,8-9H,1-5,7H2,(H3,12,13,14,15). The van der Waals surface area contributed by atoms with E-state index in [0.717, 1.165) is 12.5 Å². The number of nitrogens with one attached hydrogen (secondary N) is 1. The van der Waals surface area contributed by atoms with Crippen LogP contribution in [0, 0.1) is 5.92 Å². The molecule has 0 atom stereocenters. The number of nitrogens with two attached hydrogens (primary N) is 1. The number of hydrogen-bond acceptors (Lipinski definition) is 4. The fourth-order valence-corrected chi connectivity index (χ4v) is 2.14. The van der Waals surface area contributed by atoms with Crippen LogP contribution >= 0.6 is 0 Å². The van der Waals surface area contributed by atoms with Crippen molar-refractivity contribution in [1.82, 2.24) is 9.97 Å². The molecule has 82 valence electrons. The molecule has 1 aromatic heterocycles. The third kappa shape index (κ3) is 3.08. The van der Waals surface area contributed by atoms with Crippen LogP contribution in [0.4, 0.5) is 11.8 Å².